The van der Waals surface area contributed by atoms with E-state index in [4.69, 9.17) is 4.74 Å². The van der Waals surface area contributed by atoms with Gasteiger partial charge in [0.25, 0.3) is 5.91 Å². The molecule has 13 heteroatoms. The number of hydrogen-bond acceptors (Lipinski definition) is 6. The number of fused-ring (bicyclic) bond motifs is 1. The maximum absolute atomic E-state index is 15.2. The Kier molecular flexibility index (Phi) is 7.85. The lowest BCUT2D eigenvalue weighted by atomic mass is 10.1. The molecule has 5 rings (SSSR count). The molecule has 1 aliphatic heterocycles. The molecule has 0 unspecified atom stereocenters. The number of amides is 1. The summed E-state index contributed by atoms with van der Waals surface area (Å²) >= 11 is 0. The molecule has 222 valence electrons. The van der Waals surface area contributed by atoms with E-state index < -0.39 is 23.9 Å². The number of anilines is 2. The van der Waals surface area contributed by atoms with E-state index in [1.807, 2.05) is 11.8 Å². The van der Waals surface area contributed by atoms with Crippen molar-refractivity contribution in [3.05, 3.63) is 83.2 Å². The fourth-order valence-corrected chi connectivity index (χ4v) is 5.23. The van der Waals surface area contributed by atoms with Gasteiger partial charge in [-0.2, -0.15) is 5.10 Å². The molecule has 1 fully saturated rings. The number of rotatable bonds is 7. The molecule has 2 aromatic carbocycles. The summed E-state index contributed by atoms with van der Waals surface area (Å²) in [6.07, 6.45) is -3.11. The third-order valence-electron chi connectivity index (χ3n) is 7.12. The molecule has 8 nitrogen and oxygen atoms in total. The summed E-state index contributed by atoms with van der Waals surface area (Å²) in [5.41, 5.74) is 2.12. The number of carbonyl (C=O) groups is 1. The van der Waals surface area contributed by atoms with Crippen LogP contribution in [0.2, 0.25) is 0 Å². The van der Waals surface area contributed by atoms with Crippen molar-refractivity contribution >= 4 is 22.8 Å². The van der Waals surface area contributed by atoms with E-state index in [-0.39, 0.29) is 42.7 Å². The Bertz CT molecular complexity index is 1580. The van der Waals surface area contributed by atoms with Crippen molar-refractivity contribution in [3.8, 4) is 11.5 Å². The van der Waals surface area contributed by atoms with Crippen LogP contribution in [0.5, 0.6) is 11.5 Å². The van der Waals surface area contributed by atoms with Crippen molar-refractivity contribution in [3.63, 3.8) is 0 Å². The van der Waals surface area contributed by atoms with Gasteiger partial charge < -0.3 is 24.6 Å². The van der Waals surface area contributed by atoms with Crippen molar-refractivity contribution in [1.29, 1.82) is 0 Å². The third kappa shape index (κ3) is 6.04. The molecule has 3 heterocycles. The first kappa shape index (κ1) is 29.0. The number of nitrogens with one attached hydrogen (secondary N) is 1. The minimum Gasteiger partial charge on any atom is -0.497 e. The number of aryl methyl sites for hydroxylation is 1. The van der Waals surface area contributed by atoms with E-state index in [1.54, 1.807) is 34.7 Å². The van der Waals surface area contributed by atoms with Gasteiger partial charge in [0.2, 0.25) is 0 Å². The second-order valence-corrected chi connectivity index (χ2v) is 9.98. The first-order chi connectivity index (χ1) is 19.9. The van der Waals surface area contributed by atoms with Gasteiger partial charge >= 0.3 is 6.36 Å². The Balaban J connectivity index is 1.25. The molecule has 0 aliphatic carbocycles. The van der Waals surface area contributed by atoms with Crippen LogP contribution in [0.25, 0.3) is 5.52 Å². The van der Waals surface area contributed by atoms with E-state index in [1.165, 1.54) is 43.5 Å². The number of carbonyl (C=O) groups excluding carboxylic acids is 1. The molecular weight excluding hydrogens is 561 g/mol. The van der Waals surface area contributed by atoms with Crippen molar-refractivity contribution in [2.75, 3.05) is 36.5 Å². The number of benzene rings is 2. The van der Waals surface area contributed by atoms with Gasteiger partial charge in [-0.15, -0.1) is 13.2 Å². The number of alkyl halides is 3. The van der Waals surface area contributed by atoms with Gasteiger partial charge in [0, 0.05) is 50.2 Å². The molecular formula is C29H28F5N5O3. The molecule has 1 atom stereocenters. The fraction of sp³-hybridized carbons (Fsp3) is 0.310. The van der Waals surface area contributed by atoms with Crippen LogP contribution in [0.4, 0.5) is 33.3 Å². The first-order valence-electron chi connectivity index (χ1n) is 13.1. The van der Waals surface area contributed by atoms with Crippen LogP contribution in [-0.4, -0.2) is 54.7 Å². The number of nitrogens with zero attached hydrogens (tertiary/aromatic N) is 4. The highest BCUT2D eigenvalue weighted by molar-refractivity contribution is 6.02. The molecule has 0 spiro atoms. The molecule has 0 bridgehead atoms. The second kappa shape index (κ2) is 11.4. The zero-order chi connectivity index (χ0) is 30.2. The summed E-state index contributed by atoms with van der Waals surface area (Å²) in [4.78, 5) is 16.6. The Hall–Kier alpha value is -4.55. The van der Waals surface area contributed by atoms with Gasteiger partial charge in [-0.1, -0.05) is 0 Å². The normalized spacial score (nSPS) is 15.7. The van der Waals surface area contributed by atoms with Crippen molar-refractivity contribution < 1.29 is 36.2 Å². The van der Waals surface area contributed by atoms with Gasteiger partial charge in [-0.3, -0.25) is 4.79 Å². The number of ether oxygens (including phenoxy) is 2. The molecule has 1 aliphatic rings. The predicted octanol–water partition coefficient (Wildman–Crippen LogP) is 5.47. The Morgan fingerprint density at radius 3 is 2.36 bits per heavy atom. The van der Waals surface area contributed by atoms with Gasteiger partial charge in [0.1, 0.15) is 28.8 Å². The number of pyridine rings is 1. The topological polar surface area (TPSA) is 71.3 Å². The lowest BCUT2D eigenvalue weighted by Gasteiger charge is -2.42. The van der Waals surface area contributed by atoms with Crippen LogP contribution in [-0.2, 0) is 6.54 Å². The van der Waals surface area contributed by atoms with Gasteiger partial charge in [0.05, 0.1) is 23.9 Å². The van der Waals surface area contributed by atoms with Crippen molar-refractivity contribution in [2.45, 2.75) is 32.8 Å². The summed E-state index contributed by atoms with van der Waals surface area (Å²) in [5.74, 6) is -1.73. The average molecular weight is 590 g/mol. The monoisotopic (exact) mass is 589 g/mol. The third-order valence-corrected chi connectivity index (χ3v) is 7.12. The first-order valence-corrected chi connectivity index (χ1v) is 13.1. The zero-order valence-corrected chi connectivity index (χ0v) is 23.0. The highest BCUT2D eigenvalue weighted by atomic mass is 19.4. The highest BCUT2D eigenvalue weighted by Crippen LogP contribution is 2.31. The smallest absolute Gasteiger partial charge is 0.497 e. The fourth-order valence-electron chi connectivity index (χ4n) is 5.23. The van der Waals surface area contributed by atoms with E-state index in [0.29, 0.717) is 34.8 Å². The lowest BCUT2D eigenvalue weighted by molar-refractivity contribution is -0.274. The molecule has 1 amide bonds. The number of halogens is 5. The molecule has 4 aromatic rings. The van der Waals surface area contributed by atoms with Crippen molar-refractivity contribution in [2.24, 2.45) is 0 Å². The maximum atomic E-state index is 15.2. The standard InChI is InChI=1S/C29H28F5N5O3/c1-17-16-37(10-11-38(17)20-4-6-21(7-5-20)42-29(32,33)34)27-23(30)12-19(13-24(27)31)15-35-28(40)26-18(2)36-39-9-8-22(41-3)14-25(26)39/h4-9,12-14,17H,10-11,15-16H2,1-3H3,(H,35,40)/t17-/m0/s1. The Labute approximate surface area is 238 Å². The summed E-state index contributed by atoms with van der Waals surface area (Å²) < 4.78 is 78.5. The van der Waals surface area contributed by atoms with E-state index in [2.05, 4.69) is 15.2 Å². The van der Waals surface area contributed by atoms with Gasteiger partial charge in [-0.25, -0.2) is 13.3 Å². The highest BCUT2D eigenvalue weighted by Gasteiger charge is 2.32. The molecule has 1 N–H and O–H groups in total. The molecule has 2 aromatic heterocycles. The van der Waals surface area contributed by atoms with Crippen LogP contribution >= 0.6 is 0 Å². The molecule has 0 saturated carbocycles. The van der Waals surface area contributed by atoms with Gasteiger partial charge in [0.15, 0.2) is 0 Å². The number of hydrogen-bond donors (Lipinski definition) is 1. The Morgan fingerprint density at radius 1 is 1.05 bits per heavy atom. The number of aromatic nitrogens is 2. The van der Waals surface area contributed by atoms with E-state index >= 15 is 8.78 Å². The van der Waals surface area contributed by atoms with E-state index in [0.717, 1.165) is 0 Å². The van der Waals surface area contributed by atoms with Crippen LogP contribution in [0, 0.1) is 18.6 Å². The average Bonchev–Trinajstić information content (AvgIpc) is 3.26. The summed E-state index contributed by atoms with van der Waals surface area (Å²) in [6, 6.07) is 11.1. The summed E-state index contributed by atoms with van der Waals surface area (Å²) in [5, 5.41) is 7.04. The largest absolute Gasteiger partial charge is 0.573 e. The van der Waals surface area contributed by atoms with E-state index in [9.17, 15) is 18.0 Å². The molecule has 1 saturated heterocycles. The minimum absolute atomic E-state index is 0.105. The van der Waals surface area contributed by atoms with Gasteiger partial charge in [-0.05, 0) is 61.9 Å². The quantitative estimate of drug-likeness (QED) is 0.288. The molecule has 42 heavy (non-hydrogen) atoms. The second-order valence-electron chi connectivity index (χ2n) is 9.98. The SMILES string of the molecule is COc1ccn2nc(C)c(C(=O)NCc3cc(F)c(N4CCN(c5ccc(OC(F)(F)F)cc5)[C@@H](C)C4)c(F)c3)c2c1. The number of piperazine rings is 1. The molecule has 0 radical (unpaired) electrons. The van der Waals surface area contributed by atoms with Crippen molar-refractivity contribution in [1.82, 2.24) is 14.9 Å². The number of methoxy groups -OCH3 is 1. The summed E-state index contributed by atoms with van der Waals surface area (Å²) in [6.45, 7) is 4.41. The van der Waals surface area contributed by atoms with Crippen LogP contribution in [0.3, 0.4) is 0 Å². The van der Waals surface area contributed by atoms with Crippen LogP contribution in [0.1, 0.15) is 28.5 Å². The van der Waals surface area contributed by atoms with Crippen LogP contribution < -0.4 is 24.6 Å². The minimum atomic E-state index is -4.78. The zero-order valence-electron chi connectivity index (χ0n) is 23.0. The maximum Gasteiger partial charge on any atom is 0.573 e. The van der Waals surface area contributed by atoms with Crippen LogP contribution in [0.15, 0.2) is 54.7 Å². The predicted molar refractivity (Wildman–Crippen MR) is 146 cm³/mol. The summed E-state index contributed by atoms with van der Waals surface area (Å²) in [7, 11) is 1.51. The Morgan fingerprint density at radius 2 is 1.74 bits per heavy atom. The lowest BCUT2D eigenvalue weighted by Crippen LogP contribution is -2.52.